The van der Waals surface area contributed by atoms with E-state index in [4.69, 9.17) is 9.47 Å². The number of hydrogen-bond donors (Lipinski definition) is 1. The summed E-state index contributed by atoms with van der Waals surface area (Å²) in [5.74, 6) is -1.39. The highest BCUT2D eigenvalue weighted by Crippen LogP contribution is 2.27. The predicted octanol–water partition coefficient (Wildman–Crippen LogP) is 3.15. The first-order valence-electron chi connectivity index (χ1n) is 9.97. The third-order valence-electron chi connectivity index (χ3n) is 4.44. The fourth-order valence-corrected chi connectivity index (χ4v) is 4.02. The van der Waals surface area contributed by atoms with E-state index in [1.54, 1.807) is 52.0 Å². The first-order chi connectivity index (χ1) is 15.2. The van der Waals surface area contributed by atoms with E-state index in [0.717, 1.165) is 11.3 Å². The number of rotatable bonds is 7. The number of carbonyl (C=O) groups excluding carboxylic acids is 3. The Balaban J connectivity index is 1.75. The Hall–Kier alpha value is -3.53. The summed E-state index contributed by atoms with van der Waals surface area (Å²) < 4.78 is 11.3. The van der Waals surface area contributed by atoms with Gasteiger partial charge in [-0.05, 0) is 57.5 Å². The number of nitrogens with zero attached hydrogens (tertiary/aromatic N) is 2. The van der Waals surface area contributed by atoms with Gasteiger partial charge in [0, 0.05) is 5.69 Å². The summed E-state index contributed by atoms with van der Waals surface area (Å²) in [6.07, 6.45) is 1.05. The molecule has 0 saturated heterocycles. The van der Waals surface area contributed by atoms with Gasteiger partial charge in [0.15, 0.2) is 0 Å². The minimum atomic E-state index is -0.502. The van der Waals surface area contributed by atoms with Crippen LogP contribution in [0.15, 0.2) is 35.4 Å². The van der Waals surface area contributed by atoms with Gasteiger partial charge < -0.3 is 14.8 Å². The molecule has 1 N–H and O–H groups in total. The second-order valence-electron chi connectivity index (χ2n) is 7.21. The van der Waals surface area contributed by atoms with Crippen molar-refractivity contribution in [3.05, 3.63) is 57.0 Å². The average Bonchev–Trinajstić information content (AvgIpc) is 3.07. The van der Waals surface area contributed by atoms with Gasteiger partial charge >= 0.3 is 11.9 Å². The zero-order chi connectivity index (χ0) is 23.4. The summed E-state index contributed by atoms with van der Waals surface area (Å²) in [7, 11) is 0. The fraction of sp³-hybridized carbons (Fsp3) is 0.318. The topological polar surface area (TPSA) is 117 Å². The first-order valence-corrected chi connectivity index (χ1v) is 10.8. The highest BCUT2D eigenvalue weighted by molar-refractivity contribution is 7.20. The zero-order valence-electron chi connectivity index (χ0n) is 18.1. The van der Waals surface area contributed by atoms with Crippen LogP contribution < -0.4 is 10.9 Å². The lowest BCUT2D eigenvalue weighted by atomic mass is 10.2. The highest BCUT2D eigenvalue weighted by Gasteiger charge is 2.21. The number of esters is 2. The van der Waals surface area contributed by atoms with Gasteiger partial charge in [0.2, 0.25) is 5.91 Å². The summed E-state index contributed by atoms with van der Waals surface area (Å²) in [6.45, 7) is 6.85. The van der Waals surface area contributed by atoms with Crippen molar-refractivity contribution in [1.82, 2.24) is 9.55 Å². The number of nitrogens with one attached hydrogen (secondary N) is 1. The summed E-state index contributed by atoms with van der Waals surface area (Å²) in [5, 5.41) is 2.97. The van der Waals surface area contributed by atoms with Crippen molar-refractivity contribution < 1.29 is 23.9 Å². The maximum atomic E-state index is 12.9. The predicted molar refractivity (Wildman–Crippen MR) is 120 cm³/mol. The summed E-state index contributed by atoms with van der Waals surface area (Å²) in [5.41, 5.74) is 0.906. The van der Waals surface area contributed by atoms with E-state index < -0.39 is 23.4 Å². The van der Waals surface area contributed by atoms with Gasteiger partial charge in [-0.1, -0.05) is 0 Å². The highest BCUT2D eigenvalue weighted by atomic mass is 32.1. The van der Waals surface area contributed by atoms with Gasteiger partial charge in [-0.2, -0.15) is 0 Å². The second-order valence-corrected chi connectivity index (χ2v) is 8.21. The molecular weight excluding hydrogens is 434 g/mol. The number of benzene rings is 1. The molecule has 9 nitrogen and oxygen atoms in total. The Labute approximate surface area is 188 Å². The molecule has 0 bridgehead atoms. The molecule has 32 heavy (non-hydrogen) atoms. The molecule has 3 rings (SSSR count). The number of hydrogen-bond acceptors (Lipinski definition) is 8. The number of anilines is 1. The van der Waals surface area contributed by atoms with Gasteiger partial charge in [-0.3, -0.25) is 14.2 Å². The van der Waals surface area contributed by atoms with E-state index in [0.29, 0.717) is 31.9 Å². The molecule has 1 amide bonds. The normalized spacial score (nSPS) is 10.9. The molecule has 0 atom stereocenters. The van der Waals surface area contributed by atoms with Crippen LogP contribution >= 0.6 is 11.3 Å². The SMILES string of the molecule is CCOC(=O)c1sc2ncn(CC(=O)Nc3ccc(C(=O)OC(C)C)cc3)c(=O)c2c1C. The van der Waals surface area contributed by atoms with Crippen molar-refractivity contribution >= 4 is 45.1 Å². The second kappa shape index (κ2) is 9.73. The number of amides is 1. The summed E-state index contributed by atoms with van der Waals surface area (Å²) >= 11 is 1.09. The fourth-order valence-electron chi connectivity index (χ4n) is 2.99. The van der Waals surface area contributed by atoms with Crippen LogP contribution in [0.25, 0.3) is 10.2 Å². The summed E-state index contributed by atoms with van der Waals surface area (Å²) in [6, 6.07) is 6.25. The lowest BCUT2D eigenvalue weighted by molar-refractivity contribution is -0.116. The molecule has 0 unspecified atom stereocenters. The van der Waals surface area contributed by atoms with E-state index in [1.807, 2.05) is 0 Å². The number of carbonyl (C=O) groups is 3. The average molecular weight is 458 g/mol. The molecule has 0 radical (unpaired) electrons. The Morgan fingerprint density at radius 2 is 1.84 bits per heavy atom. The number of fused-ring (bicyclic) bond motifs is 1. The van der Waals surface area contributed by atoms with Gasteiger partial charge in [0.05, 0.1) is 30.0 Å². The van der Waals surface area contributed by atoms with E-state index in [2.05, 4.69) is 10.3 Å². The van der Waals surface area contributed by atoms with Crippen LogP contribution in [0.3, 0.4) is 0 Å². The van der Waals surface area contributed by atoms with E-state index in [-0.39, 0.29) is 19.3 Å². The Morgan fingerprint density at radius 3 is 2.47 bits per heavy atom. The van der Waals surface area contributed by atoms with Crippen molar-refractivity contribution in [2.24, 2.45) is 0 Å². The molecule has 0 spiro atoms. The minimum absolute atomic E-state index is 0.226. The molecule has 0 saturated carbocycles. The van der Waals surface area contributed by atoms with E-state index >= 15 is 0 Å². The molecule has 2 aromatic heterocycles. The van der Waals surface area contributed by atoms with Crippen LogP contribution in [0.4, 0.5) is 5.69 Å². The number of aryl methyl sites for hydroxylation is 1. The van der Waals surface area contributed by atoms with Crippen LogP contribution in [0, 0.1) is 6.92 Å². The van der Waals surface area contributed by atoms with Crippen LogP contribution in [0.5, 0.6) is 0 Å². The van der Waals surface area contributed by atoms with Crippen LogP contribution in [-0.2, 0) is 20.8 Å². The Kier molecular flexibility index (Phi) is 7.04. The standard InChI is InChI=1S/C22H23N3O6S/c1-5-30-22(29)18-13(4)17-19(32-18)23-11-25(20(17)27)10-16(26)24-15-8-6-14(7-9-15)21(28)31-12(2)3/h6-9,11-12H,5,10H2,1-4H3,(H,24,26). The molecule has 0 aliphatic heterocycles. The molecule has 1 aromatic carbocycles. The van der Waals surface area contributed by atoms with Gasteiger partial charge in [0.1, 0.15) is 16.3 Å². The maximum absolute atomic E-state index is 12.9. The van der Waals surface area contributed by atoms with E-state index in [9.17, 15) is 19.2 Å². The largest absolute Gasteiger partial charge is 0.462 e. The van der Waals surface area contributed by atoms with Crippen LogP contribution in [-0.4, -0.2) is 40.1 Å². The monoisotopic (exact) mass is 457 g/mol. The van der Waals surface area contributed by atoms with Crippen LogP contribution in [0.1, 0.15) is 46.4 Å². The minimum Gasteiger partial charge on any atom is -0.462 e. The number of aromatic nitrogens is 2. The quantitative estimate of drug-likeness (QED) is 0.542. The smallest absolute Gasteiger partial charge is 0.348 e. The lowest BCUT2D eigenvalue weighted by Gasteiger charge is -2.09. The van der Waals surface area contributed by atoms with Crippen molar-refractivity contribution in [2.45, 2.75) is 40.3 Å². The van der Waals surface area contributed by atoms with Crippen molar-refractivity contribution in [3.8, 4) is 0 Å². The Bertz CT molecular complexity index is 1230. The molecule has 2 heterocycles. The molecule has 10 heteroatoms. The molecule has 0 aliphatic carbocycles. The molecule has 168 valence electrons. The summed E-state index contributed by atoms with van der Waals surface area (Å²) in [4.78, 5) is 54.3. The molecule has 3 aromatic rings. The van der Waals surface area contributed by atoms with Crippen LogP contribution in [0.2, 0.25) is 0 Å². The Morgan fingerprint density at radius 1 is 1.16 bits per heavy atom. The molecule has 0 aliphatic rings. The van der Waals surface area contributed by atoms with Crippen molar-refractivity contribution in [2.75, 3.05) is 11.9 Å². The van der Waals surface area contributed by atoms with Crippen molar-refractivity contribution in [1.29, 1.82) is 0 Å². The third kappa shape index (κ3) is 5.02. The molecular formula is C22H23N3O6S. The third-order valence-corrected chi connectivity index (χ3v) is 5.62. The van der Waals surface area contributed by atoms with Gasteiger partial charge in [-0.25, -0.2) is 14.6 Å². The molecule has 0 fully saturated rings. The maximum Gasteiger partial charge on any atom is 0.348 e. The first kappa shape index (κ1) is 23.1. The number of thiophene rings is 1. The lowest BCUT2D eigenvalue weighted by Crippen LogP contribution is -2.28. The van der Waals surface area contributed by atoms with Gasteiger partial charge in [-0.15, -0.1) is 11.3 Å². The van der Waals surface area contributed by atoms with Gasteiger partial charge in [0.25, 0.3) is 5.56 Å². The van der Waals surface area contributed by atoms with Crippen molar-refractivity contribution in [3.63, 3.8) is 0 Å². The zero-order valence-corrected chi connectivity index (χ0v) is 18.9. The van der Waals surface area contributed by atoms with E-state index in [1.165, 1.54) is 10.9 Å². The number of ether oxygens (including phenoxy) is 2.